The summed E-state index contributed by atoms with van der Waals surface area (Å²) in [6.45, 7) is 1.82. The topological polar surface area (TPSA) is 110 Å². The predicted molar refractivity (Wildman–Crippen MR) is 95.7 cm³/mol. The monoisotopic (exact) mass is 366 g/mol. The molecule has 5 atom stereocenters. The van der Waals surface area contributed by atoms with Gasteiger partial charge in [-0.05, 0) is 54.4 Å². The van der Waals surface area contributed by atoms with E-state index >= 15 is 0 Å². The molecule has 6 heteroatoms. The maximum Gasteiger partial charge on any atom is 0.118 e. The summed E-state index contributed by atoms with van der Waals surface area (Å²) < 4.78 is 5.62. The van der Waals surface area contributed by atoms with Gasteiger partial charge in [-0.15, -0.1) is 0 Å². The highest BCUT2D eigenvalue weighted by atomic mass is 16.5. The van der Waals surface area contributed by atoms with E-state index in [1.807, 2.05) is 0 Å². The van der Waals surface area contributed by atoms with Gasteiger partial charge >= 0.3 is 0 Å². The Morgan fingerprint density at radius 3 is 2.35 bits per heavy atom. The summed E-state index contributed by atoms with van der Waals surface area (Å²) in [5.74, 6) is 1.51. The second-order valence-electron chi connectivity index (χ2n) is 7.97. The van der Waals surface area contributed by atoms with Crippen LogP contribution in [0.1, 0.15) is 49.8 Å². The molecule has 5 N–H and O–H groups in total. The SMILES string of the molecule is CC1CCC(Cc2cc([C@@H]3O[C@H](CO)[C@@H](O)[C@H](O)[C@H]3O)ccc2O)CC1. The van der Waals surface area contributed by atoms with Gasteiger partial charge in [-0.1, -0.05) is 25.8 Å². The molecule has 0 bridgehead atoms. The summed E-state index contributed by atoms with van der Waals surface area (Å²) in [6, 6.07) is 5.03. The molecule has 0 aromatic heterocycles. The molecule has 1 aliphatic carbocycles. The van der Waals surface area contributed by atoms with Gasteiger partial charge in [-0.2, -0.15) is 0 Å². The highest BCUT2D eigenvalue weighted by Crippen LogP contribution is 2.36. The lowest BCUT2D eigenvalue weighted by molar-refractivity contribution is -0.231. The van der Waals surface area contributed by atoms with E-state index in [-0.39, 0.29) is 5.75 Å². The molecule has 1 aromatic carbocycles. The molecule has 1 aromatic rings. The van der Waals surface area contributed by atoms with E-state index in [0.29, 0.717) is 11.5 Å². The zero-order valence-electron chi connectivity index (χ0n) is 15.2. The number of phenols is 1. The van der Waals surface area contributed by atoms with Crippen LogP contribution in [0.25, 0.3) is 0 Å². The Balaban J connectivity index is 1.78. The first-order valence-electron chi connectivity index (χ1n) is 9.53. The summed E-state index contributed by atoms with van der Waals surface area (Å²) in [5, 5.41) is 49.8. The van der Waals surface area contributed by atoms with Crippen molar-refractivity contribution in [1.82, 2.24) is 0 Å². The van der Waals surface area contributed by atoms with E-state index in [1.165, 1.54) is 12.8 Å². The molecular weight excluding hydrogens is 336 g/mol. The molecule has 1 saturated carbocycles. The van der Waals surface area contributed by atoms with E-state index in [2.05, 4.69) is 6.92 Å². The van der Waals surface area contributed by atoms with Gasteiger partial charge in [0, 0.05) is 0 Å². The maximum absolute atomic E-state index is 10.3. The van der Waals surface area contributed by atoms with Crippen LogP contribution in [0.4, 0.5) is 0 Å². The number of hydrogen-bond acceptors (Lipinski definition) is 6. The normalized spacial score (nSPS) is 38.3. The van der Waals surface area contributed by atoms with Crippen LogP contribution >= 0.6 is 0 Å². The van der Waals surface area contributed by atoms with Crippen LogP contribution in [0.5, 0.6) is 5.75 Å². The lowest BCUT2D eigenvalue weighted by atomic mass is 9.79. The zero-order valence-corrected chi connectivity index (χ0v) is 15.2. The maximum atomic E-state index is 10.3. The number of hydrogen-bond donors (Lipinski definition) is 5. The zero-order chi connectivity index (χ0) is 18.8. The van der Waals surface area contributed by atoms with Crippen LogP contribution < -0.4 is 0 Å². The van der Waals surface area contributed by atoms with Crippen molar-refractivity contribution < 1.29 is 30.3 Å². The van der Waals surface area contributed by atoms with Gasteiger partial charge in [0.05, 0.1) is 6.61 Å². The van der Waals surface area contributed by atoms with Crippen molar-refractivity contribution in [3.63, 3.8) is 0 Å². The van der Waals surface area contributed by atoms with Crippen molar-refractivity contribution >= 4 is 0 Å². The molecule has 0 radical (unpaired) electrons. The average Bonchev–Trinajstić information content (AvgIpc) is 2.64. The van der Waals surface area contributed by atoms with Crippen LogP contribution in [0.3, 0.4) is 0 Å². The molecule has 0 spiro atoms. The molecule has 3 rings (SSSR count). The van der Waals surface area contributed by atoms with Gasteiger partial charge in [0.15, 0.2) is 0 Å². The van der Waals surface area contributed by atoms with Gasteiger partial charge < -0.3 is 30.3 Å². The lowest BCUT2D eigenvalue weighted by Gasteiger charge is -2.40. The Morgan fingerprint density at radius 2 is 1.69 bits per heavy atom. The molecule has 2 fully saturated rings. The summed E-state index contributed by atoms with van der Waals surface area (Å²) in [6.07, 6.45) is -0.405. The summed E-state index contributed by atoms with van der Waals surface area (Å²) >= 11 is 0. The molecule has 26 heavy (non-hydrogen) atoms. The third kappa shape index (κ3) is 4.05. The van der Waals surface area contributed by atoms with E-state index in [0.717, 1.165) is 30.7 Å². The molecular formula is C20H30O6. The Hall–Kier alpha value is -1.18. The Labute approximate surface area is 154 Å². The van der Waals surface area contributed by atoms with Crippen molar-refractivity contribution in [2.75, 3.05) is 6.61 Å². The van der Waals surface area contributed by atoms with Crippen LogP contribution in [-0.2, 0) is 11.2 Å². The molecule has 0 unspecified atom stereocenters. The molecule has 2 aliphatic rings. The number of ether oxygens (including phenoxy) is 1. The van der Waals surface area contributed by atoms with Gasteiger partial charge in [0.25, 0.3) is 0 Å². The average molecular weight is 366 g/mol. The number of phenolic OH excluding ortho intramolecular Hbond substituents is 1. The fourth-order valence-electron chi connectivity index (χ4n) is 4.17. The summed E-state index contributed by atoms with van der Waals surface area (Å²) in [4.78, 5) is 0. The van der Waals surface area contributed by atoms with E-state index < -0.39 is 37.1 Å². The summed E-state index contributed by atoms with van der Waals surface area (Å²) in [5.41, 5.74) is 1.43. The number of benzene rings is 1. The predicted octanol–water partition coefficient (Wildman–Crippen LogP) is 1.28. The van der Waals surface area contributed by atoms with Crippen molar-refractivity contribution in [3.8, 4) is 5.75 Å². The van der Waals surface area contributed by atoms with Crippen molar-refractivity contribution in [2.45, 2.75) is 69.5 Å². The van der Waals surface area contributed by atoms with Gasteiger partial charge in [0.2, 0.25) is 0 Å². The van der Waals surface area contributed by atoms with Crippen molar-refractivity contribution in [1.29, 1.82) is 0 Å². The highest BCUT2D eigenvalue weighted by Gasteiger charge is 2.44. The number of rotatable bonds is 4. The van der Waals surface area contributed by atoms with Crippen molar-refractivity contribution in [3.05, 3.63) is 29.3 Å². The van der Waals surface area contributed by atoms with Crippen LogP contribution in [0.15, 0.2) is 18.2 Å². The third-order valence-electron chi connectivity index (χ3n) is 5.97. The number of aliphatic hydroxyl groups is 4. The smallest absolute Gasteiger partial charge is 0.118 e. The minimum atomic E-state index is -1.40. The molecule has 0 amide bonds. The van der Waals surface area contributed by atoms with Gasteiger partial charge in [-0.25, -0.2) is 0 Å². The molecule has 146 valence electrons. The fraction of sp³-hybridized carbons (Fsp3) is 0.700. The minimum Gasteiger partial charge on any atom is -0.508 e. The molecule has 6 nitrogen and oxygen atoms in total. The quantitative estimate of drug-likeness (QED) is 0.549. The Morgan fingerprint density at radius 1 is 1.00 bits per heavy atom. The first-order chi connectivity index (χ1) is 12.4. The molecule has 1 heterocycles. The lowest BCUT2D eigenvalue weighted by Crippen LogP contribution is -2.55. The number of aromatic hydroxyl groups is 1. The van der Waals surface area contributed by atoms with Crippen LogP contribution in [0.2, 0.25) is 0 Å². The largest absolute Gasteiger partial charge is 0.508 e. The first kappa shape index (κ1) is 19.6. The third-order valence-corrected chi connectivity index (χ3v) is 5.97. The van der Waals surface area contributed by atoms with Crippen LogP contribution in [0, 0.1) is 11.8 Å². The van der Waals surface area contributed by atoms with E-state index in [4.69, 9.17) is 4.74 Å². The summed E-state index contributed by atoms with van der Waals surface area (Å²) in [7, 11) is 0. The molecule has 1 aliphatic heterocycles. The Bertz CT molecular complexity index is 596. The number of aliphatic hydroxyl groups excluding tert-OH is 4. The Kier molecular flexibility index (Phi) is 6.20. The van der Waals surface area contributed by atoms with Gasteiger partial charge in [0.1, 0.15) is 36.3 Å². The van der Waals surface area contributed by atoms with E-state index in [1.54, 1.807) is 18.2 Å². The van der Waals surface area contributed by atoms with Gasteiger partial charge in [-0.3, -0.25) is 0 Å². The fourth-order valence-corrected chi connectivity index (χ4v) is 4.17. The molecule has 1 saturated heterocycles. The van der Waals surface area contributed by atoms with Crippen molar-refractivity contribution in [2.24, 2.45) is 11.8 Å². The van der Waals surface area contributed by atoms with Crippen LogP contribution in [-0.4, -0.2) is 56.6 Å². The van der Waals surface area contributed by atoms with E-state index in [9.17, 15) is 25.5 Å². The second kappa shape index (κ2) is 8.23. The minimum absolute atomic E-state index is 0.219. The second-order valence-corrected chi connectivity index (χ2v) is 7.97. The first-order valence-corrected chi connectivity index (χ1v) is 9.53. The highest BCUT2D eigenvalue weighted by molar-refractivity contribution is 5.38. The standard InChI is InChI=1S/C20H30O6/c1-11-2-4-12(5-3-11)8-14-9-13(6-7-15(14)22)20-19(25)18(24)17(23)16(10-21)26-20/h6-7,9,11-12,16-25H,2-5,8,10H2,1H3/t11?,12?,16-,17-,18+,19-,20+/m1/s1.